The first-order valence-electron chi connectivity index (χ1n) is 13.3. The van der Waals surface area contributed by atoms with Crippen molar-refractivity contribution in [2.45, 2.75) is 74.6 Å². The van der Waals surface area contributed by atoms with Crippen LogP contribution in [0.15, 0.2) is 60.7 Å². The highest BCUT2D eigenvalue weighted by Crippen LogP contribution is 2.33. The summed E-state index contributed by atoms with van der Waals surface area (Å²) >= 11 is 0. The van der Waals surface area contributed by atoms with E-state index in [4.69, 9.17) is 37.9 Å². The van der Waals surface area contributed by atoms with Crippen molar-refractivity contribution in [1.29, 1.82) is 0 Å². The van der Waals surface area contributed by atoms with Gasteiger partial charge in [0, 0.05) is 21.3 Å². The molecule has 11 nitrogen and oxygen atoms in total. The maximum Gasteiger partial charge on any atom is 0.187 e. The quantitative estimate of drug-likeness (QED) is 0.322. The molecule has 0 bridgehead atoms. The van der Waals surface area contributed by atoms with Gasteiger partial charge in [-0.1, -0.05) is 60.7 Å². The van der Waals surface area contributed by atoms with E-state index in [9.17, 15) is 15.3 Å². The summed E-state index contributed by atoms with van der Waals surface area (Å²) in [5, 5.41) is 31.4. The third kappa shape index (κ3) is 7.44. The van der Waals surface area contributed by atoms with E-state index in [0.717, 1.165) is 11.1 Å². The molecule has 40 heavy (non-hydrogen) atoms. The number of ether oxygens (including phenoxy) is 8. The van der Waals surface area contributed by atoms with Gasteiger partial charge in [0.1, 0.15) is 48.8 Å². The predicted molar refractivity (Wildman–Crippen MR) is 141 cm³/mol. The molecule has 2 fully saturated rings. The molecule has 2 aliphatic rings. The SMILES string of the molecule is COC1C(OCc2ccccc2)[C@@H](O)OC(COCc2ccccc2)[C@H]1O[C@@H]1OC(CO)[C@@H](O)[C@@H](OC)C1OC. The first-order valence-corrected chi connectivity index (χ1v) is 13.3. The predicted octanol–water partition coefficient (Wildman–Crippen LogP) is 1.01. The van der Waals surface area contributed by atoms with Gasteiger partial charge in [0.15, 0.2) is 12.6 Å². The van der Waals surface area contributed by atoms with Gasteiger partial charge in [-0.25, -0.2) is 0 Å². The molecule has 3 N–H and O–H groups in total. The van der Waals surface area contributed by atoms with Crippen molar-refractivity contribution in [3.8, 4) is 0 Å². The number of benzene rings is 2. The highest BCUT2D eigenvalue weighted by atomic mass is 16.7. The topological polar surface area (TPSA) is 135 Å². The molecule has 4 rings (SSSR count). The lowest BCUT2D eigenvalue weighted by Gasteiger charge is -2.48. The molecule has 0 saturated carbocycles. The van der Waals surface area contributed by atoms with E-state index in [0.29, 0.717) is 6.61 Å². The second-order valence-electron chi connectivity index (χ2n) is 9.74. The molecule has 10 atom stereocenters. The van der Waals surface area contributed by atoms with Gasteiger partial charge in [0.2, 0.25) is 0 Å². The summed E-state index contributed by atoms with van der Waals surface area (Å²) < 4.78 is 47.3. The van der Waals surface area contributed by atoms with E-state index in [1.54, 1.807) is 0 Å². The molecule has 5 unspecified atom stereocenters. The molecule has 2 heterocycles. The monoisotopic (exact) mass is 564 g/mol. The minimum Gasteiger partial charge on any atom is -0.394 e. The molecular formula is C29H40O11. The van der Waals surface area contributed by atoms with Crippen LogP contribution >= 0.6 is 0 Å². The number of hydrogen-bond acceptors (Lipinski definition) is 11. The van der Waals surface area contributed by atoms with Crippen molar-refractivity contribution in [3.05, 3.63) is 71.8 Å². The van der Waals surface area contributed by atoms with E-state index < -0.39 is 68.0 Å². The van der Waals surface area contributed by atoms with Crippen molar-refractivity contribution in [2.24, 2.45) is 0 Å². The Morgan fingerprint density at radius 2 is 1.27 bits per heavy atom. The number of hydrogen-bond donors (Lipinski definition) is 3. The zero-order valence-electron chi connectivity index (χ0n) is 23.0. The summed E-state index contributed by atoms with van der Waals surface area (Å²) in [7, 11) is 4.37. The molecule has 11 heteroatoms. The van der Waals surface area contributed by atoms with Crippen LogP contribution in [0.1, 0.15) is 11.1 Å². The molecule has 222 valence electrons. The van der Waals surface area contributed by atoms with Crippen molar-refractivity contribution >= 4 is 0 Å². The lowest BCUT2D eigenvalue weighted by molar-refractivity contribution is -0.364. The van der Waals surface area contributed by atoms with Gasteiger partial charge < -0.3 is 53.2 Å². The van der Waals surface area contributed by atoms with Crippen LogP contribution in [0.4, 0.5) is 0 Å². The first-order chi connectivity index (χ1) is 19.5. The van der Waals surface area contributed by atoms with Gasteiger partial charge >= 0.3 is 0 Å². The van der Waals surface area contributed by atoms with Gasteiger partial charge in [-0.05, 0) is 11.1 Å². The average Bonchev–Trinajstić information content (AvgIpc) is 2.98. The Bertz CT molecular complexity index is 980. The molecule has 2 aliphatic heterocycles. The Balaban J connectivity index is 1.55. The fraction of sp³-hybridized carbons (Fsp3) is 0.586. The molecule has 0 spiro atoms. The Labute approximate surface area is 234 Å². The molecule has 2 aromatic rings. The molecular weight excluding hydrogens is 524 g/mol. The Kier molecular flexibility index (Phi) is 11.8. The maximum atomic E-state index is 11.0. The summed E-state index contributed by atoms with van der Waals surface area (Å²) in [5.74, 6) is 0. The molecule has 0 amide bonds. The lowest BCUT2D eigenvalue weighted by atomic mass is 9.96. The number of methoxy groups -OCH3 is 3. The Morgan fingerprint density at radius 1 is 0.675 bits per heavy atom. The van der Waals surface area contributed by atoms with E-state index >= 15 is 0 Å². The number of aliphatic hydroxyl groups is 3. The van der Waals surface area contributed by atoms with Crippen LogP contribution in [0.25, 0.3) is 0 Å². The van der Waals surface area contributed by atoms with E-state index in [2.05, 4.69) is 0 Å². The van der Waals surface area contributed by atoms with Gasteiger partial charge in [0.25, 0.3) is 0 Å². The van der Waals surface area contributed by atoms with Gasteiger partial charge in [-0.2, -0.15) is 0 Å². The van der Waals surface area contributed by atoms with Crippen LogP contribution in [0, 0.1) is 0 Å². The highest BCUT2D eigenvalue weighted by molar-refractivity contribution is 5.14. The maximum absolute atomic E-state index is 11.0. The average molecular weight is 565 g/mol. The van der Waals surface area contributed by atoms with Crippen LogP contribution < -0.4 is 0 Å². The van der Waals surface area contributed by atoms with Gasteiger partial charge in [-0.3, -0.25) is 0 Å². The highest BCUT2D eigenvalue weighted by Gasteiger charge is 2.52. The van der Waals surface area contributed by atoms with E-state index in [-0.39, 0.29) is 13.2 Å². The standard InChI is InChI=1S/C29H40O11/c1-33-24-22(31)20(14-30)39-29(27(24)35-3)40-23-21(17-36-15-18-10-6-4-7-11-18)38-28(32)26(25(23)34-2)37-16-19-12-8-5-9-13-19/h4-13,20-32H,14-17H2,1-3H3/t20?,21?,22-,23-,24-,25?,26?,27?,28+,29+/m1/s1. The Morgan fingerprint density at radius 3 is 1.85 bits per heavy atom. The third-order valence-corrected chi connectivity index (χ3v) is 7.19. The van der Waals surface area contributed by atoms with Gasteiger partial charge in [-0.15, -0.1) is 0 Å². The normalized spacial score (nSPS) is 34.5. The molecule has 0 aromatic heterocycles. The van der Waals surface area contributed by atoms with Gasteiger partial charge in [0.05, 0.1) is 26.4 Å². The molecule has 0 aliphatic carbocycles. The van der Waals surface area contributed by atoms with Crippen molar-refractivity contribution in [3.63, 3.8) is 0 Å². The van der Waals surface area contributed by atoms with Crippen molar-refractivity contribution < 1.29 is 53.2 Å². The smallest absolute Gasteiger partial charge is 0.187 e. The van der Waals surface area contributed by atoms with Crippen LogP contribution in [-0.4, -0.2) is 111 Å². The lowest BCUT2D eigenvalue weighted by Crippen LogP contribution is -2.65. The molecule has 0 radical (unpaired) electrons. The second kappa shape index (κ2) is 15.3. The summed E-state index contributed by atoms with van der Waals surface area (Å²) in [6, 6.07) is 19.2. The molecule has 2 aromatic carbocycles. The largest absolute Gasteiger partial charge is 0.394 e. The molecule has 2 saturated heterocycles. The summed E-state index contributed by atoms with van der Waals surface area (Å²) in [5.41, 5.74) is 1.88. The number of rotatable bonds is 13. The zero-order valence-corrected chi connectivity index (χ0v) is 23.0. The fourth-order valence-electron chi connectivity index (χ4n) is 5.10. The van der Waals surface area contributed by atoms with Crippen LogP contribution in [0.2, 0.25) is 0 Å². The van der Waals surface area contributed by atoms with E-state index in [1.807, 2.05) is 60.7 Å². The Hall–Kier alpha value is -2.00. The second-order valence-corrected chi connectivity index (χ2v) is 9.74. The van der Waals surface area contributed by atoms with E-state index in [1.165, 1.54) is 21.3 Å². The zero-order chi connectivity index (χ0) is 28.5. The fourth-order valence-corrected chi connectivity index (χ4v) is 5.10. The third-order valence-electron chi connectivity index (χ3n) is 7.19. The minimum atomic E-state index is -1.33. The first kappa shape index (κ1) is 30.9. The van der Waals surface area contributed by atoms with Crippen LogP contribution in [0.3, 0.4) is 0 Å². The van der Waals surface area contributed by atoms with Crippen molar-refractivity contribution in [2.75, 3.05) is 34.5 Å². The number of aliphatic hydroxyl groups excluding tert-OH is 3. The van der Waals surface area contributed by atoms with Crippen molar-refractivity contribution in [1.82, 2.24) is 0 Å². The van der Waals surface area contributed by atoms with Crippen LogP contribution in [0.5, 0.6) is 0 Å². The van der Waals surface area contributed by atoms with Crippen LogP contribution in [-0.2, 0) is 51.1 Å². The summed E-state index contributed by atoms with van der Waals surface area (Å²) in [6.45, 7) is 0.127. The summed E-state index contributed by atoms with van der Waals surface area (Å²) in [6.07, 6.45) is -9.59. The minimum absolute atomic E-state index is 0.0615. The summed E-state index contributed by atoms with van der Waals surface area (Å²) in [4.78, 5) is 0.